The van der Waals surface area contributed by atoms with E-state index >= 15 is 0 Å². The average Bonchev–Trinajstić information content (AvgIpc) is 2.41. The Labute approximate surface area is 116 Å². The van der Waals surface area contributed by atoms with Gasteiger partial charge in [0.15, 0.2) is 6.29 Å². The highest BCUT2D eigenvalue weighted by atomic mass is 35.5. The molecule has 0 amide bonds. The molecular weight excluding hydrogens is 262 g/mol. The van der Waals surface area contributed by atoms with Gasteiger partial charge >= 0.3 is 0 Å². The number of carbonyl (C=O) groups excluding carboxylic acids is 1. The van der Waals surface area contributed by atoms with Crippen molar-refractivity contribution >= 4 is 23.7 Å². The van der Waals surface area contributed by atoms with E-state index < -0.39 is 0 Å². The molecule has 2 rings (SSSR count). The number of halogens is 1. The number of hydrogen-bond donors (Lipinski definition) is 1. The number of hydrogen-bond acceptors (Lipinski definition) is 4. The Morgan fingerprint density at radius 1 is 1.32 bits per heavy atom. The van der Waals surface area contributed by atoms with E-state index in [4.69, 9.17) is 11.6 Å². The Balaban J connectivity index is 2.02. The summed E-state index contributed by atoms with van der Waals surface area (Å²) in [6, 6.07) is 8.19. The number of aldehydes is 1. The number of nitrogens with zero attached hydrogens (tertiary/aromatic N) is 2. The van der Waals surface area contributed by atoms with Gasteiger partial charge in [0, 0.05) is 6.54 Å². The molecular formula is C14H14ClN3O. The maximum Gasteiger partial charge on any atom is 0.156 e. The van der Waals surface area contributed by atoms with Gasteiger partial charge in [-0.25, -0.2) is 9.97 Å². The normalized spacial score (nSPS) is 10.2. The van der Waals surface area contributed by atoms with Crippen LogP contribution in [0.3, 0.4) is 0 Å². The van der Waals surface area contributed by atoms with Crippen molar-refractivity contribution in [2.45, 2.75) is 13.3 Å². The van der Waals surface area contributed by atoms with E-state index in [9.17, 15) is 4.79 Å². The van der Waals surface area contributed by atoms with Gasteiger partial charge in [-0.2, -0.15) is 0 Å². The summed E-state index contributed by atoms with van der Waals surface area (Å²) < 4.78 is 0. The van der Waals surface area contributed by atoms with Crippen LogP contribution in [0.4, 0.5) is 5.82 Å². The van der Waals surface area contributed by atoms with Crippen LogP contribution in [-0.4, -0.2) is 22.8 Å². The van der Waals surface area contributed by atoms with Crippen LogP contribution in [0, 0.1) is 6.92 Å². The first-order chi connectivity index (χ1) is 9.22. The number of anilines is 1. The zero-order valence-corrected chi connectivity index (χ0v) is 11.3. The summed E-state index contributed by atoms with van der Waals surface area (Å²) in [6.45, 7) is 2.76. The van der Waals surface area contributed by atoms with Gasteiger partial charge in [-0.05, 0) is 24.5 Å². The largest absolute Gasteiger partial charge is 0.369 e. The lowest BCUT2D eigenvalue weighted by molar-refractivity contribution is 0.112. The van der Waals surface area contributed by atoms with Gasteiger partial charge < -0.3 is 5.32 Å². The van der Waals surface area contributed by atoms with Crippen molar-refractivity contribution in [3.63, 3.8) is 0 Å². The molecule has 1 N–H and O–H groups in total. The smallest absolute Gasteiger partial charge is 0.156 e. The maximum atomic E-state index is 10.9. The second-order valence-electron chi connectivity index (χ2n) is 4.15. The fraction of sp³-hybridized carbons (Fsp3) is 0.214. The lowest BCUT2D eigenvalue weighted by Crippen LogP contribution is -2.09. The summed E-state index contributed by atoms with van der Waals surface area (Å²) in [4.78, 5) is 18.7. The van der Waals surface area contributed by atoms with E-state index in [1.54, 1.807) is 0 Å². The highest BCUT2D eigenvalue weighted by molar-refractivity contribution is 6.32. The summed E-state index contributed by atoms with van der Waals surface area (Å²) >= 11 is 5.83. The van der Waals surface area contributed by atoms with Gasteiger partial charge in [0.2, 0.25) is 0 Å². The minimum Gasteiger partial charge on any atom is -0.369 e. The van der Waals surface area contributed by atoms with Crippen LogP contribution >= 0.6 is 11.6 Å². The standard InChI is InChI=1S/C14H14ClN3O/c1-10-4-2-3-5-11(10)6-7-16-14-12(8-19)13(15)17-9-18-14/h2-5,8-9H,6-7H2,1H3,(H,16,17,18). The number of rotatable bonds is 5. The molecule has 0 aliphatic carbocycles. The first-order valence-electron chi connectivity index (χ1n) is 5.96. The topological polar surface area (TPSA) is 54.9 Å². The molecule has 0 aliphatic heterocycles. The van der Waals surface area contributed by atoms with Gasteiger partial charge in [0.25, 0.3) is 0 Å². The Hall–Kier alpha value is -1.94. The molecule has 0 saturated carbocycles. The fourth-order valence-electron chi connectivity index (χ4n) is 1.83. The van der Waals surface area contributed by atoms with E-state index in [1.165, 1.54) is 17.5 Å². The number of nitrogens with one attached hydrogen (secondary N) is 1. The average molecular weight is 276 g/mol. The van der Waals surface area contributed by atoms with Crippen molar-refractivity contribution in [3.05, 3.63) is 52.4 Å². The minimum atomic E-state index is 0.170. The molecule has 0 fully saturated rings. The second-order valence-corrected chi connectivity index (χ2v) is 4.51. The fourth-order valence-corrected chi connectivity index (χ4v) is 2.00. The van der Waals surface area contributed by atoms with E-state index in [-0.39, 0.29) is 5.15 Å². The highest BCUT2D eigenvalue weighted by Gasteiger charge is 2.08. The molecule has 19 heavy (non-hydrogen) atoms. The monoisotopic (exact) mass is 275 g/mol. The predicted molar refractivity (Wildman–Crippen MR) is 75.8 cm³/mol. The van der Waals surface area contributed by atoms with Gasteiger partial charge in [0.1, 0.15) is 17.3 Å². The molecule has 0 bridgehead atoms. The molecule has 1 heterocycles. The molecule has 0 atom stereocenters. The van der Waals surface area contributed by atoms with Crippen molar-refractivity contribution in [3.8, 4) is 0 Å². The molecule has 0 radical (unpaired) electrons. The minimum absolute atomic E-state index is 0.170. The third kappa shape index (κ3) is 3.29. The Morgan fingerprint density at radius 2 is 2.11 bits per heavy atom. The zero-order chi connectivity index (χ0) is 13.7. The molecule has 0 unspecified atom stereocenters. The van der Waals surface area contributed by atoms with Crippen LogP contribution in [0.25, 0.3) is 0 Å². The van der Waals surface area contributed by atoms with Crippen LogP contribution in [0.5, 0.6) is 0 Å². The van der Waals surface area contributed by atoms with Crippen molar-refractivity contribution in [2.24, 2.45) is 0 Å². The number of benzene rings is 1. The second kappa shape index (κ2) is 6.29. The summed E-state index contributed by atoms with van der Waals surface area (Å²) in [7, 11) is 0. The molecule has 0 spiro atoms. The van der Waals surface area contributed by atoms with Crippen LogP contribution in [-0.2, 0) is 6.42 Å². The van der Waals surface area contributed by atoms with Crippen molar-refractivity contribution in [2.75, 3.05) is 11.9 Å². The third-order valence-corrected chi connectivity index (χ3v) is 3.20. The Morgan fingerprint density at radius 3 is 2.84 bits per heavy atom. The highest BCUT2D eigenvalue weighted by Crippen LogP contribution is 2.17. The summed E-state index contributed by atoms with van der Waals surface area (Å²) in [5, 5.41) is 3.28. The summed E-state index contributed by atoms with van der Waals surface area (Å²) in [6.07, 6.45) is 2.86. The summed E-state index contributed by atoms with van der Waals surface area (Å²) in [5.74, 6) is 0.476. The van der Waals surface area contributed by atoms with E-state index in [0.29, 0.717) is 24.2 Å². The third-order valence-electron chi connectivity index (χ3n) is 2.90. The number of aromatic nitrogens is 2. The van der Waals surface area contributed by atoms with Crippen LogP contribution < -0.4 is 5.32 Å². The van der Waals surface area contributed by atoms with E-state index in [0.717, 1.165) is 6.42 Å². The molecule has 2 aromatic rings. The predicted octanol–water partition coefficient (Wildman–Crippen LogP) is 2.91. The van der Waals surface area contributed by atoms with E-state index in [2.05, 4.69) is 34.3 Å². The van der Waals surface area contributed by atoms with Gasteiger partial charge in [0.05, 0.1) is 5.56 Å². The van der Waals surface area contributed by atoms with Crippen molar-refractivity contribution in [1.29, 1.82) is 0 Å². The maximum absolute atomic E-state index is 10.9. The van der Waals surface area contributed by atoms with Crippen molar-refractivity contribution < 1.29 is 4.79 Å². The zero-order valence-electron chi connectivity index (χ0n) is 10.6. The first-order valence-corrected chi connectivity index (χ1v) is 6.34. The molecule has 1 aromatic carbocycles. The molecule has 98 valence electrons. The van der Waals surface area contributed by atoms with Crippen LogP contribution in [0.1, 0.15) is 21.5 Å². The van der Waals surface area contributed by atoms with Gasteiger partial charge in [-0.1, -0.05) is 35.9 Å². The van der Waals surface area contributed by atoms with Crippen molar-refractivity contribution in [1.82, 2.24) is 9.97 Å². The molecule has 1 aromatic heterocycles. The molecule has 4 nitrogen and oxygen atoms in total. The van der Waals surface area contributed by atoms with E-state index in [1.807, 2.05) is 12.1 Å². The number of aryl methyl sites for hydroxylation is 1. The number of carbonyl (C=O) groups is 1. The Bertz CT molecular complexity index is 587. The Kier molecular flexibility index (Phi) is 4.47. The van der Waals surface area contributed by atoms with Gasteiger partial charge in [-0.3, -0.25) is 4.79 Å². The SMILES string of the molecule is Cc1ccccc1CCNc1ncnc(Cl)c1C=O. The van der Waals surface area contributed by atoms with Gasteiger partial charge in [-0.15, -0.1) is 0 Å². The lowest BCUT2D eigenvalue weighted by Gasteiger charge is -2.09. The molecule has 0 aliphatic rings. The summed E-state index contributed by atoms with van der Waals surface area (Å²) in [5.41, 5.74) is 2.82. The lowest BCUT2D eigenvalue weighted by atomic mass is 10.1. The molecule has 5 heteroatoms. The quantitative estimate of drug-likeness (QED) is 0.673. The van der Waals surface area contributed by atoms with Crippen LogP contribution in [0.2, 0.25) is 5.15 Å². The first kappa shape index (κ1) is 13.5. The molecule has 0 saturated heterocycles. The van der Waals surface area contributed by atoms with Crippen LogP contribution in [0.15, 0.2) is 30.6 Å².